The Kier molecular flexibility index (Phi) is 10.9. The molecule has 8 aromatic carbocycles. The predicted molar refractivity (Wildman–Crippen MR) is 306 cm³/mol. The van der Waals surface area contributed by atoms with Crippen LogP contribution >= 0.6 is 0 Å². The summed E-state index contributed by atoms with van der Waals surface area (Å²) in [6.45, 7) is 17.1. The summed E-state index contributed by atoms with van der Waals surface area (Å²) in [5.74, 6) is 4.64. The SMILES string of the molecule is CC(C)c1cc(-c2nc3cc4nc(-c5ccc(-c6cc(-c7ccc(-c8nc9cc%10nc(C(C)C)oc%10cc9o8)cc7)cc(-c7ccc(-c8nc9cc%10nc(C(C)C)oc%10cc9o8)cc7)c6)cc5)oc4cc3o2)cc(C(C)C)c1. The van der Waals surface area contributed by atoms with Crippen molar-refractivity contribution in [1.29, 1.82) is 0 Å². The van der Waals surface area contributed by atoms with Crippen molar-refractivity contribution < 1.29 is 26.5 Å². The van der Waals surface area contributed by atoms with Gasteiger partial charge < -0.3 is 26.5 Å². The van der Waals surface area contributed by atoms with Crippen LogP contribution in [0.4, 0.5) is 0 Å². The highest BCUT2D eigenvalue weighted by Gasteiger charge is 2.20. The molecule has 0 aliphatic heterocycles. The van der Waals surface area contributed by atoms with Crippen molar-refractivity contribution in [2.45, 2.75) is 79.1 Å². The van der Waals surface area contributed by atoms with E-state index in [1.165, 1.54) is 11.1 Å². The third kappa shape index (κ3) is 8.40. The Morgan fingerprint density at radius 3 is 0.795 bits per heavy atom. The maximum atomic E-state index is 6.41. The van der Waals surface area contributed by atoms with E-state index in [0.29, 0.717) is 86.2 Å². The predicted octanol–water partition coefficient (Wildman–Crippen LogP) is 18.7. The molecule has 0 bridgehead atoms. The van der Waals surface area contributed by atoms with Crippen molar-refractivity contribution in [3.8, 4) is 79.2 Å². The van der Waals surface area contributed by atoms with E-state index in [1.807, 2.05) is 60.7 Å². The number of oxazole rings is 6. The van der Waals surface area contributed by atoms with Crippen LogP contribution in [0.2, 0.25) is 0 Å². The Bertz CT molecular complexity index is 4260. The van der Waals surface area contributed by atoms with Crippen LogP contribution in [0.25, 0.3) is 146 Å². The maximum absolute atomic E-state index is 6.41. The van der Waals surface area contributed by atoms with Gasteiger partial charge in [-0.3, -0.25) is 0 Å². The van der Waals surface area contributed by atoms with E-state index >= 15 is 0 Å². The Balaban J connectivity index is 0.784. The van der Waals surface area contributed by atoms with Crippen LogP contribution < -0.4 is 0 Å². The number of rotatable bonds is 11. The standard InChI is InChI=1S/C66H52N6O6/c1-33(2)43-21-44(34(3)4)23-48(22-43)66-72-54-29-53-59(32-60(54)78-66)77-65(71-53)42-19-13-39(14-20-42)47-25-45(37-9-15-40(16-10-37)63-69-51-27-49-55(30-57(51)75-63)73-61(67-49)35(5)6)24-46(26-47)38-11-17-41(18-12-38)64-70-52-28-50-56(31-58(52)76-64)74-62(68-50)36(7)8/h9-36H,1-8H3. The lowest BCUT2D eigenvalue weighted by Gasteiger charge is -2.13. The summed E-state index contributed by atoms with van der Waals surface area (Å²) in [6, 6.07) is 49.7. The highest BCUT2D eigenvalue weighted by atomic mass is 16.4. The minimum atomic E-state index is 0.176. The van der Waals surface area contributed by atoms with Gasteiger partial charge in [-0.05, 0) is 141 Å². The van der Waals surface area contributed by atoms with Gasteiger partial charge >= 0.3 is 0 Å². The second-order valence-corrected chi connectivity index (χ2v) is 21.6. The second kappa shape index (κ2) is 18.1. The van der Waals surface area contributed by atoms with Crippen molar-refractivity contribution in [2.75, 3.05) is 0 Å². The van der Waals surface area contributed by atoms with Crippen LogP contribution in [-0.2, 0) is 0 Å². The summed E-state index contributed by atoms with van der Waals surface area (Å²) in [5.41, 5.74) is 20.6. The Hall–Kier alpha value is -9.42. The van der Waals surface area contributed by atoms with Crippen molar-refractivity contribution >= 4 is 66.6 Å². The zero-order valence-corrected chi connectivity index (χ0v) is 44.3. The van der Waals surface area contributed by atoms with Gasteiger partial charge in [-0.1, -0.05) is 97.9 Å². The van der Waals surface area contributed by atoms with Crippen LogP contribution in [0.15, 0.2) is 172 Å². The summed E-state index contributed by atoms with van der Waals surface area (Å²) in [4.78, 5) is 28.9. The monoisotopic (exact) mass is 1020 g/mol. The summed E-state index contributed by atoms with van der Waals surface area (Å²) < 4.78 is 37.4. The molecule has 0 saturated carbocycles. The van der Waals surface area contributed by atoms with Gasteiger partial charge in [0.05, 0.1) is 0 Å². The van der Waals surface area contributed by atoms with E-state index in [9.17, 15) is 0 Å². The minimum absolute atomic E-state index is 0.176. The molecule has 0 fully saturated rings. The molecule has 6 aromatic heterocycles. The Labute approximate surface area is 447 Å². The number of hydrogen-bond donors (Lipinski definition) is 0. The molecule has 6 heterocycles. The molecule has 78 heavy (non-hydrogen) atoms. The lowest BCUT2D eigenvalue weighted by Crippen LogP contribution is -1.95. The lowest BCUT2D eigenvalue weighted by molar-refractivity contribution is 0.501. The van der Waals surface area contributed by atoms with Gasteiger partial charge in [0.1, 0.15) is 33.1 Å². The molecular weight excluding hydrogens is 973 g/mol. The zero-order chi connectivity index (χ0) is 53.1. The molecule has 0 aliphatic carbocycles. The largest absolute Gasteiger partial charge is 0.440 e. The molecule has 12 nitrogen and oxygen atoms in total. The van der Waals surface area contributed by atoms with Crippen LogP contribution in [0, 0.1) is 0 Å². The molecule has 0 unspecified atom stereocenters. The molecule has 14 aromatic rings. The number of hydrogen-bond acceptors (Lipinski definition) is 12. The van der Waals surface area contributed by atoms with E-state index in [4.69, 9.17) is 46.4 Å². The third-order valence-electron chi connectivity index (χ3n) is 14.6. The van der Waals surface area contributed by atoms with Crippen molar-refractivity contribution in [1.82, 2.24) is 29.9 Å². The molecule has 0 spiro atoms. The summed E-state index contributed by atoms with van der Waals surface area (Å²) in [7, 11) is 0. The normalized spacial score (nSPS) is 12.3. The van der Waals surface area contributed by atoms with Gasteiger partial charge in [0.15, 0.2) is 45.3 Å². The Morgan fingerprint density at radius 2 is 0.500 bits per heavy atom. The van der Waals surface area contributed by atoms with Crippen molar-refractivity contribution in [2.24, 2.45) is 0 Å². The Morgan fingerprint density at radius 1 is 0.231 bits per heavy atom. The summed E-state index contributed by atoms with van der Waals surface area (Å²) in [5, 5.41) is 0. The average molecular weight is 1030 g/mol. The summed E-state index contributed by atoms with van der Waals surface area (Å²) in [6.07, 6.45) is 0. The van der Waals surface area contributed by atoms with Gasteiger partial charge in [-0.2, -0.15) is 0 Å². The highest BCUT2D eigenvalue weighted by Crippen LogP contribution is 2.39. The quantitative estimate of drug-likeness (QED) is 0.121. The zero-order valence-electron chi connectivity index (χ0n) is 44.3. The van der Waals surface area contributed by atoms with Crippen molar-refractivity contribution in [3.63, 3.8) is 0 Å². The first kappa shape index (κ1) is 47.1. The third-order valence-corrected chi connectivity index (χ3v) is 14.6. The fourth-order valence-corrected chi connectivity index (χ4v) is 10.1. The molecule has 0 aliphatic rings. The fraction of sp³-hybridized carbons (Fsp3) is 0.182. The second-order valence-electron chi connectivity index (χ2n) is 21.6. The van der Waals surface area contributed by atoms with E-state index in [1.54, 1.807) is 0 Å². The van der Waals surface area contributed by atoms with Crippen molar-refractivity contribution in [3.05, 3.63) is 169 Å². The van der Waals surface area contributed by atoms with Gasteiger partial charge in [-0.15, -0.1) is 0 Å². The van der Waals surface area contributed by atoms with Gasteiger partial charge in [-0.25, -0.2) is 29.9 Å². The van der Waals surface area contributed by atoms with E-state index < -0.39 is 0 Å². The topological polar surface area (TPSA) is 156 Å². The van der Waals surface area contributed by atoms with Gasteiger partial charge in [0.2, 0.25) is 23.6 Å². The smallest absolute Gasteiger partial charge is 0.227 e. The number of benzene rings is 8. The van der Waals surface area contributed by atoms with E-state index in [0.717, 1.165) is 83.2 Å². The molecule has 0 radical (unpaired) electrons. The fourth-order valence-electron chi connectivity index (χ4n) is 10.1. The van der Waals surface area contributed by atoms with Crippen LogP contribution in [0.1, 0.15) is 102 Å². The van der Waals surface area contributed by atoms with Gasteiger partial charge in [0, 0.05) is 52.3 Å². The first-order chi connectivity index (χ1) is 37.8. The highest BCUT2D eigenvalue weighted by molar-refractivity contribution is 5.93. The van der Waals surface area contributed by atoms with Crippen LogP contribution in [0.3, 0.4) is 0 Å². The minimum Gasteiger partial charge on any atom is -0.440 e. The molecule has 0 saturated heterocycles. The summed E-state index contributed by atoms with van der Waals surface area (Å²) >= 11 is 0. The van der Waals surface area contributed by atoms with Crippen LogP contribution in [0.5, 0.6) is 0 Å². The molecule has 0 atom stereocenters. The number of fused-ring (bicyclic) bond motifs is 6. The molecule has 14 rings (SSSR count). The molecule has 382 valence electrons. The van der Waals surface area contributed by atoms with Gasteiger partial charge in [0.25, 0.3) is 0 Å². The molecule has 0 N–H and O–H groups in total. The van der Waals surface area contributed by atoms with E-state index in [-0.39, 0.29) is 11.8 Å². The van der Waals surface area contributed by atoms with E-state index in [2.05, 4.69) is 150 Å². The molecule has 12 heteroatoms. The average Bonchev–Trinajstić information content (AvgIpc) is 4.45. The first-order valence-corrected chi connectivity index (χ1v) is 26.5. The van der Waals surface area contributed by atoms with Crippen LogP contribution in [-0.4, -0.2) is 29.9 Å². The first-order valence-electron chi connectivity index (χ1n) is 26.5. The number of nitrogens with zero attached hydrogens (tertiary/aromatic N) is 6. The number of aromatic nitrogens is 6. The molecular formula is C66H52N6O6. The maximum Gasteiger partial charge on any atom is 0.227 e. The molecule has 0 amide bonds. The lowest BCUT2D eigenvalue weighted by atomic mass is 9.92.